The summed E-state index contributed by atoms with van der Waals surface area (Å²) in [5.74, 6) is 4.06. The Morgan fingerprint density at radius 1 is 1.00 bits per heavy atom. The quantitative estimate of drug-likeness (QED) is 0.273. The summed E-state index contributed by atoms with van der Waals surface area (Å²) in [6, 6.07) is 0. The van der Waals surface area contributed by atoms with Gasteiger partial charge in [0.2, 0.25) is 0 Å². The van der Waals surface area contributed by atoms with Gasteiger partial charge in [-0.1, -0.05) is 0 Å². The third-order valence-electron chi connectivity index (χ3n) is 0. The van der Waals surface area contributed by atoms with Crippen molar-refractivity contribution in [3.05, 3.63) is 0 Å². The zero-order valence-corrected chi connectivity index (χ0v) is 5.24. The van der Waals surface area contributed by atoms with Crippen LogP contribution in [0.3, 0.4) is 0 Å². The summed E-state index contributed by atoms with van der Waals surface area (Å²) in [4.78, 5) is 0. The normalized spacial score (nSPS) is 4.40. The Morgan fingerprint density at radius 2 is 1.00 bits per heavy atom. The fraction of sp³-hybridized carbons (Fsp3) is 1.00. The van der Waals surface area contributed by atoms with E-state index in [1.807, 2.05) is 26.6 Å². The zero-order valence-electron chi connectivity index (χ0n) is 4.30. The molecule has 0 aromatic heterocycles. The van der Waals surface area contributed by atoms with Gasteiger partial charge in [0.1, 0.15) is 0 Å². The van der Waals surface area contributed by atoms with Crippen LogP contribution >= 0.6 is 0 Å². The molecule has 0 unspecified atom stereocenters. The van der Waals surface area contributed by atoms with Gasteiger partial charge in [0.25, 0.3) is 0 Å². The van der Waals surface area contributed by atoms with Crippen LogP contribution < -0.4 is 37.7 Å². The molecule has 0 amide bonds. The van der Waals surface area contributed by atoms with Crippen molar-refractivity contribution in [3.63, 3.8) is 0 Å². The molecule has 5 heavy (non-hydrogen) atoms. The van der Waals surface area contributed by atoms with Crippen molar-refractivity contribution in [2.75, 3.05) is 0 Å². The third kappa shape index (κ3) is 26.8. The van der Waals surface area contributed by atoms with Crippen LogP contribution in [0.25, 0.3) is 0 Å². The van der Waals surface area contributed by atoms with Crippen molar-refractivity contribution in [1.29, 1.82) is 0 Å². The van der Waals surface area contributed by atoms with Gasteiger partial charge in [-0.15, -0.1) is 0 Å². The number of rotatable bonds is 0. The minimum Gasteiger partial charge on any atom is 1.00 e. The summed E-state index contributed by atoms with van der Waals surface area (Å²) < 4.78 is 0. The summed E-state index contributed by atoms with van der Waals surface area (Å²) in [7, 11) is 0. The second-order valence-electron chi connectivity index (χ2n) is 0.302. The van der Waals surface area contributed by atoms with E-state index in [2.05, 4.69) is 0 Å². The molecule has 0 aliphatic carbocycles. The summed E-state index contributed by atoms with van der Waals surface area (Å²) >= 11 is 1.81. The van der Waals surface area contributed by atoms with E-state index in [4.69, 9.17) is 0 Å². The van der Waals surface area contributed by atoms with Crippen molar-refractivity contribution < 1.29 is 52.7 Å². The molecular weight excluding hydrogens is 101 g/mol. The summed E-state index contributed by atoms with van der Waals surface area (Å²) in [5.41, 5.74) is 0. The number of hydrogen-bond acceptors (Lipinski definition) is 0. The molecule has 0 aromatic carbocycles. The van der Waals surface area contributed by atoms with Gasteiger partial charge >= 0.3 is 64.3 Å². The molecule has 0 saturated carbocycles. The molecule has 0 N–H and O–H groups in total. The van der Waals surface area contributed by atoms with E-state index in [9.17, 15) is 0 Å². The van der Waals surface area contributed by atoms with Crippen molar-refractivity contribution in [1.82, 2.24) is 0 Å². The molecule has 0 atom stereocenters. The Kier molecular flexibility index (Phi) is 54.8. The van der Waals surface area contributed by atoms with Gasteiger partial charge in [-0.2, -0.15) is 0 Å². The smallest absolute Gasteiger partial charge is 1.00 e. The first-order valence-electron chi connectivity index (χ1n) is 0.603. The maximum Gasteiger partial charge on any atom is 1.00 e. The van der Waals surface area contributed by atoms with Gasteiger partial charge in [0, 0.05) is 0 Å². The predicted octanol–water partition coefficient (Wildman–Crippen LogP) is -4.83. The SMILES string of the molecule is [CH3][Cu-2][CH3].[Li+].[Li+]. The van der Waals surface area contributed by atoms with Crippen LogP contribution in [0.4, 0.5) is 0 Å². The average Bonchev–Trinajstić information content (AvgIpc) is 0.918. The average molecular weight is 107 g/mol. The molecule has 27 valence electrons. The van der Waals surface area contributed by atoms with Crippen LogP contribution in [0.2, 0.25) is 11.6 Å². The minimum atomic E-state index is 0. The second kappa shape index (κ2) is 17.2. The molecule has 0 nitrogen and oxygen atoms in total. The molecule has 0 spiro atoms. The molecule has 0 fully saturated rings. The van der Waals surface area contributed by atoms with Gasteiger partial charge in [0.05, 0.1) is 0 Å². The molecule has 0 rings (SSSR count). The summed E-state index contributed by atoms with van der Waals surface area (Å²) in [5, 5.41) is 0. The van der Waals surface area contributed by atoms with Crippen LogP contribution in [0.15, 0.2) is 0 Å². The number of hydrogen-bond donors (Lipinski definition) is 0. The first-order valence-corrected chi connectivity index (χ1v) is 2.49. The minimum absolute atomic E-state index is 0. The fourth-order valence-corrected chi connectivity index (χ4v) is 0. The van der Waals surface area contributed by atoms with Crippen LogP contribution in [0, 0.1) is 0 Å². The topological polar surface area (TPSA) is 0 Å². The van der Waals surface area contributed by atoms with E-state index in [1.54, 1.807) is 0 Å². The van der Waals surface area contributed by atoms with E-state index < -0.39 is 0 Å². The second-order valence-corrected chi connectivity index (χ2v) is 1.24. The Hall–Kier alpha value is 1.71. The molecule has 0 aliphatic rings. The standard InChI is InChI=1S/2CH3.Cu.2Li/h2*1H3;;;/q;;-2;2*+1. The molecule has 0 heterocycles. The summed E-state index contributed by atoms with van der Waals surface area (Å²) in [6.07, 6.45) is 0. The van der Waals surface area contributed by atoms with Crippen LogP contribution in [0.1, 0.15) is 0 Å². The Morgan fingerprint density at radius 3 is 1.00 bits per heavy atom. The Bertz CT molecular complexity index is 7.61. The van der Waals surface area contributed by atoms with E-state index in [1.165, 1.54) is 0 Å². The van der Waals surface area contributed by atoms with Crippen molar-refractivity contribution in [2.24, 2.45) is 0 Å². The third-order valence-corrected chi connectivity index (χ3v) is 0. The summed E-state index contributed by atoms with van der Waals surface area (Å²) in [6.45, 7) is 0. The van der Waals surface area contributed by atoms with Gasteiger partial charge in [-0.3, -0.25) is 0 Å². The predicted molar refractivity (Wildman–Crippen MR) is 11.7 cm³/mol. The largest absolute Gasteiger partial charge is 1.00 e. The van der Waals surface area contributed by atoms with Gasteiger partial charge in [-0.05, 0) is 0 Å². The Balaban J connectivity index is -0.0000000200. The molecule has 0 saturated heterocycles. The van der Waals surface area contributed by atoms with Crippen molar-refractivity contribution >= 4 is 0 Å². The van der Waals surface area contributed by atoms with E-state index >= 15 is 0 Å². The van der Waals surface area contributed by atoms with E-state index in [0.29, 0.717) is 0 Å². The van der Waals surface area contributed by atoms with Gasteiger partial charge in [-0.25, -0.2) is 0 Å². The molecule has 0 aromatic rings. The zero-order chi connectivity index (χ0) is 2.71. The van der Waals surface area contributed by atoms with Crippen LogP contribution in [-0.4, -0.2) is 0 Å². The van der Waals surface area contributed by atoms with Crippen molar-refractivity contribution in [3.8, 4) is 0 Å². The fourth-order valence-electron chi connectivity index (χ4n) is 0. The molecule has 0 aliphatic heterocycles. The molecule has 0 radical (unpaired) electrons. The van der Waals surface area contributed by atoms with Crippen LogP contribution in [-0.2, 0) is 15.0 Å². The molecule has 0 bridgehead atoms. The monoisotopic (exact) mass is 107 g/mol. The molecule has 3 heteroatoms. The van der Waals surface area contributed by atoms with Gasteiger partial charge in [0.15, 0.2) is 0 Å². The molecular formula is C2H6CuLi2. The maximum atomic E-state index is 2.03. The van der Waals surface area contributed by atoms with Crippen molar-refractivity contribution in [2.45, 2.75) is 11.6 Å². The van der Waals surface area contributed by atoms with Crippen LogP contribution in [0.5, 0.6) is 0 Å². The first kappa shape index (κ1) is 15.9. The Labute approximate surface area is 64.0 Å². The maximum absolute atomic E-state index is 2.03. The first-order chi connectivity index (χ1) is 1.41. The van der Waals surface area contributed by atoms with Gasteiger partial charge < -0.3 is 0 Å². The van der Waals surface area contributed by atoms with E-state index in [0.717, 1.165) is 0 Å². The van der Waals surface area contributed by atoms with E-state index in [-0.39, 0.29) is 37.7 Å².